The lowest BCUT2D eigenvalue weighted by molar-refractivity contribution is -0.139. The predicted molar refractivity (Wildman–Crippen MR) is 87.0 cm³/mol. The van der Waals surface area contributed by atoms with Gasteiger partial charge in [-0.25, -0.2) is 4.68 Å². The van der Waals surface area contributed by atoms with Crippen LogP contribution >= 0.6 is 11.6 Å². The minimum absolute atomic E-state index is 0.0262. The highest BCUT2D eigenvalue weighted by molar-refractivity contribution is 6.30. The van der Waals surface area contributed by atoms with Crippen LogP contribution in [0.15, 0.2) is 35.1 Å². The monoisotopic (exact) mass is 372 g/mol. The average Bonchev–Trinajstić information content (AvgIpc) is 3.38. The smallest absolute Gasteiger partial charge is 0.421 e. The number of aromatic nitrogens is 2. The molecule has 0 spiro atoms. The zero-order chi connectivity index (χ0) is 18.0. The van der Waals surface area contributed by atoms with Crippen molar-refractivity contribution in [1.29, 1.82) is 0 Å². The van der Waals surface area contributed by atoms with E-state index in [4.69, 9.17) is 16.3 Å². The van der Waals surface area contributed by atoms with Gasteiger partial charge in [0.05, 0.1) is 12.3 Å². The molecule has 1 saturated carbocycles. The van der Waals surface area contributed by atoms with Crippen LogP contribution in [0.25, 0.3) is 0 Å². The number of ether oxygens (including phenoxy) is 1. The Balaban J connectivity index is 1.68. The van der Waals surface area contributed by atoms with Crippen molar-refractivity contribution in [2.75, 3.05) is 6.61 Å². The third-order valence-corrected chi connectivity index (χ3v) is 4.14. The van der Waals surface area contributed by atoms with Crippen molar-refractivity contribution in [3.05, 3.63) is 57.0 Å². The van der Waals surface area contributed by atoms with E-state index in [1.54, 1.807) is 24.3 Å². The Morgan fingerprint density at radius 1 is 1.24 bits per heavy atom. The molecule has 0 aliphatic heterocycles. The zero-order valence-electron chi connectivity index (χ0n) is 13.2. The number of nitrogens with zero attached hydrogens (tertiary/aromatic N) is 2. The fourth-order valence-corrected chi connectivity index (χ4v) is 2.56. The average molecular weight is 373 g/mol. The van der Waals surface area contributed by atoms with Crippen LogP contribution in [0, 0.1) is 0 Å². The van der Waals surface area contributed by atoms with Crippen LogP contribution in [0.1, 0.15) is 36.4 Å². The maximum absolute atomic E-state index is 13.1. The van der Waals surface area contributed by atoms with Crippen LogP contribution in [0.5, 0.6) is 5.75 Å². The van der Waals surface area contributed by atoms with Crippen molar-refractivity contribution < 1.29 is 17.9 Å². The van der Waals surface area contributed by atoms with E-state index in [-0.39, 0.29) is 19.1 Å². The first kappa shape index (κ1) is 17.8. The second-order valence-corrected chi connectivity index (χ2v) is 6.38. The Hall–Kier alpha value is -2.02. The van der Waals surface area contributed by atoms with Crippen LogP contribution in [-0.4, -0.2) is 16.4 Å². The summed E-state index contributed by atoms with van der Waals surface area (Å²) >= 11 is 5.77. The Kier molecular flexibility index (Phi) is 5.03. The van der Waals surface area contributed by atoms with E-state index in [2.05, 4.69) is 5.10 Å². The number of benzene rings is 1. The number of aryl methyl sites for hydroxylation is 1. The summed E-state index contributed by atoms with van der Waals surface area (Å²) in [6.45, 7) is 0.320. The van der Waals surface area contributed by atoms with Gasteiger partial charge in [-0.2, -0.15) is 18.3 Å². The number of hydrogen-bond donors (Lipinski definition) is 0. The topological polar surface area (TPSA) is 44.1 Å². The van der Waals surface area contributed by atoms with Crippen LogP contribution in [-0.2, 0) is 12.7 Å². The molecular weight excluding hydrogens is 357 g/mol. The Morgan fingerprint density at radius 2 is 1.92 bits per heavy atom. The molecule has 0 saturated heterocycles. The lowest BCUT2D eigenvalue weighted by atomic mass is 10.2. The molecule has 1 fully saturated rings. The largest absolute Gasteiger partial charge is 0.494 e. The molecule has 1 aliphatic carbocycles. The quantitative estimate of drug-likeness (QED) is 0.711. The van der Waals surface area contributed by atoms with Gasteiger partial charge in [-0.05, 0) is 43.2 Å². The predicted octanol–water partition coefficient (Wildman–Crippen LogP) is 4.26. The fraction of sp³-hybridized carbons (Fsp3) is 0.412. The van der Waals surface area contributed by atoms with E-state index in [1.165, 1.54) is 0 Å². The number of halogens is 4. The third-order valence-electron chi connectivity index (χ3n) is 3.89. The van der Waals surface area contributed by atoms with Gasteiger partial charge in [0, 0.05) is 23.9 Å². The standard InChI is InChI=1S/C17H16ClF3N2O2/c18-12-4-6-13(7-5-12)25-9-1-8-23-16(24)14(17(19,20)21)10-15(22-23)11-2-3-11/h4-7,10-11H,1-3,8-9H2. The van der Waals surface area contributed by atoms with Gasteiger partial charge >= 0.3 is 6.18 Å². The zero-order valence-corrected chi connectivity index (χ0v) is 14.0. The van der Waals surface area contributed by atoms with Crippen LogP contribution < -0.4 is 10.3 Å². The molecule has 0 N–H and O–H groups in total. The van der Waals surface area contributed by atoms with Gasteiger partial charge < -0.3 is 4.74 Å². The molecular formula is C17H16ClF3N2O2. The lowest BCUT2D eigenvalue weighted by Crippen LogP contribution is -2.32. The highest BCUT2D eigenvalue weighted by atomic mass is 35.5. The molecule has 1 aliphatic rings. The molecule has 0 unspecified atom stereocenters. The molecule has 3 rings (SSSR count). The van der Waals surface area contributed by atoms with E-state index in [0.717, 1.165) is 23.6 Å². The Morgan fingerprint density at radius 3 is 2.52 bits per heavy atom. The van der Waals surface area contributed by atoms with Crippen LogP contribution in [0.2, 0.25) is 5.02 Å². The number of rotatable bonds is 6. The van der Waals surface area contributed by atoms with Crippen LogP contribution in [0.3, 0.4) is 0 Å². The first-order chi connectivity index (χ1) is 11.8. The van der Waals surface area contributed by atoms with Gasteiger partial charge in [0.25, 0.3) is 5.56 Å². The molecule has 1 aromatic heterocycles. The molecule has 0 radical (unpaired) electrons. The first-order valence-electron chi connectivity index (χ1n) is 7.92. The molecule has 2 aromatic rings. The lowest BCUT2D eigenvalue weighted by Gasteiger charge is -2.12. The molecule has 25 heavy (non-hydrogen) atoms. The SMILES string of the molecule is O=c1c(C(F)(F)F)cc(C2CC2)nn1CCCOc1ccc(Cl)cc1. The molecule has 1 aromatic carbocycles. The van der Waals surface area contributed by atoms with Crippen molar-refractivity contribution in [2.45, 2.75) is 37.9 Å². The van der Waals surface area contributed by atoms with E-state index in [9.17, 15) is 18.0 Å². The van der Waals surface area contributed by atoms with Crippen molar-refractivity contribution in [2.24, 2.45) is 0 Å². The molecule has 0 amide bonds. The van der Waals surface area contributed by atoms with Gasteiger partial charge in [0.1, 0.15) is 11.3 Å². The highest BCUT2D eigenvalue weighted by Gasteiger charge is 2.37. The summed E-state index contributed by atoms with van der Waals surface area (Å²) in [6, 6.07) is 7.64. The summed E-state index contributed by atoms with van der Waals surface area (Å²) in [4.78, 5) is 12.0. The molecule has 1 heterocycles. The summed E-state index contributed by atoms with van der Waals surface area (Å²) in [6.07, 6.45) is -2.70. The van der Waals surface area contributed by atoms with Gasteiger partial charge in [-0.1, -0.05) is 11.6 Å². The summed E-state index contributed by atoms with van der Waals surface area (Å²) in [5.41, 5.74) is -1.92. The summed E-state index contributed by atoms with van der Waals surface area (Å²) < 4.78 is 45.6. The Bertz CT molecular complexity index is 799. The number of hydrogen-bond acceptors (Lipinski definition) is 3. The summed E-state index contributed by atoms with van der Waals surface area (Å²) in [7, 11) is 0. The minimum atomic E-state index is -4.68. The van der Waals surface area contributed by atoms with Gasteiger partial charge in [0.15, 0.2) is 0 Å². The molecule has 8 heteroatoms. The maximum atomic E-state index is 13.1. The van der Waals surface area contributed by atoms with Gasteiger partial charge in [-0.3, -0.25) is 4.79 Å². The van der Waals surface area contributed by atoms with Crippen molar-refractivity contribution in [1.82, 2.24) is 9.78 Å². The van der Waals surface area contributed by atoms with E-state index in [0.29, 0.717) is 22.9 Å². The maximum Gasteiger partial charge on any atom is 0.421 e. The first-order valence-corrected chi connectivity index (χ1v) is 8.30. The molecule has 0 bridgehead atoms. The van der Waals surface area contributed by atoms with Crippen molar-refractivity contribution >= 4 is 11.6 Å². The molecule has 4 nitrogen and oxygen atoms in total. The van der Waals surface area contributed by atoms with Crippen molar-refractivity contribution in [3.8, 4) is 5.75 Å². The normalized spacial score (nSPS) is 14.6. The number of alkyl halides is 3. The van der Waals surface area contributed by atoms with Crippen molar-refractivity contribution in [3.63, 3.8) is 0 Å². The minimum Gasteiger partial charge on any atom is -0.494 e. The Labute approximate surface area is 147 Å². The van der Waals surface area contributed by atoms with E-state index < -0.39 is 17.3 Å². The molecule has 134 valence electrons. The van der Waals surface area contributed by atoms with E-state index in [1.807, 2.05) is 0 Å². The fourth-order valence-electron chi connectivity index (χ4n) is 2.43. The summed E-state index contributed by atoms with van der Waals surface area (Å²) in [5.74, 6) is 0.630. The highest BCUT2D eigenvalue weighted by Crippen LogP contribution is 2.40. The summed E-state index contributed by atoms with van der Waals surface area (Å²) in [5, 5.41) is 4.68. The van der Waals surface area contributed by atoms with E-state index >= 15 is 0 Å². The second kappa shape index (κ2) is 7.07. The third kappa shape index (κ3) is 4.54. The van der Waals surface area contributed by atoms with Crippen LogP contribution in [0.4, 0.5) is 13.2 Å². The molecule has 0 atom stereocenters. The second-order valence-electron chi connectivity index (χ2n) is 5.94. The van der Waals surface area contributed by atoms with Gasteiger partial charge in [0.2, 0.25) is 0 Å². The van der Waals surface area contributed by atoms with Gasteiger partial charge in [-0.15, -0.1) is 0 Å².